The molecule has 2 aromatic rings. The standard InChI is InChI=1S/C13H15NO4S/c1-4-5-9-11(13(15)17-3)18-12(14-9)10-6-8(16-2)7-19-10/h6-7H,4-5H2,1-3H3. The number of ether oxygens (including phenoxy) is 2. The van der Waals surface area contributed by atoms with E-state index in [1.807, 2.05) is 18.4 Å². The van der Waals surface area contributed by atoms with Gasteiger partial charge in [0.2, 0.25) is 11.7 Å². The molecule has 0 aliphatic carbocycles. The van der Waals surface area contributed by atoms with Crippen molar-refractivity contribution >= 4 is 17.3 Å². The zero-order valence-corrected chi connectivity index (χ0v) is 11.9. The average molecular weight is 281 g/mol. The number of aromatic nitrogens is 1. The third kappa shape index (κ3) is 2.78. The molecule has 6 heteroatoms. The Balaban J connectivity index is 2.38. The van der Waals surface area contributed by atoms with E-state index >= 15 is 0 Å². The van der Waals surface area contributed by atoms with Gasteiger partial charge in [0.1, 0.15) is 5.75 Å². The molecular weight excluding hydrogens is 266 g/mol. The highest BCUT2D eigenvalue weighted by molar-refractivity contribution is 7.13. The minimum Gasteiger partial charge on any atom is -0.496 e. The van der Waals surface area contributed by atoms with Crippen LogP contribution in [0.3, 0.4) is 0 Å². The van der Waals surface area contributed by atoms with Crippen LogP contribution in [0.15, 0.2) is 15.9 Å². The van der Waals surface area contributed by atoms with E-state index in [-0.39, 0.29) is 5.76 Å². The van der Waals surface area contributed by atoms with Gasteiger partial charge < -0.3 is 13.9 Å². The lowest BCUT2D eigenvalue weighted by Gasteiger charge is -1.96. The van der Waals surface area contributed by atoms with E-state index in [9.17, 15) is 4.79 Å². The van der Waals surface area contributed by atoms with Gasteiger partial charge in [0.05, 0.1) is 24.8 Å². The van der Waals surface area contributed by atoms with Crippen LogP contribution in [0.5, 0.6) is 5.75 Å². The van der Waals surface area contributed by atoms with Crippen LogP contribution in [0, 0.1) is 0 Å². The number of carbonyl (C=O) groups excluding carboxylic acids is 1. The van der Waals surface area contributed by atoms with E-state index in [4.69, 9.17) is 13.9 Å². The molecule has 0 bridgehead atoms. The molecule has 2 aromatic heterocycles. The Kier molecular flexibility index (Phi) is 4.21. The summed E-state index contributed by atoms with van der Waals surface area (Å²) in [6.45, 7) is 2.02. The molecule has 0 radical (unpaired) electrons. The minimum absolute atomic E-state index is 0.187. The number of esters is 1. The lowest BCUT2D eigenvalue weighted by molar-refractivity contribution is 0.0564. The van der Waals surface area contributed by atoms with Crippen molar-refractivity contribution in [1.82, 2.24) is 4.98 Å². The minimum atomic E-state index is -0.495. The summed E-state index contributed by atoms with van der Waals surface area (Å²) in [6, 6.07) is 1.83. The van der Waals surface area contributed by atoms with Crippen molar-refractivity contribution in [2.45, 2.75) is 19.8 Å². The number of oxazole rings is 1. The lowest BCUT2D eigenvalue weighted by Crippen LogP contribution is -2.03. The van der Waals surface area contributed by atoms with Crippen LogP contribution >= 0.6 is 11.3 Å². The zero-order chi connectivity index (χ0) is 13.8. The first kappa shape index (κ1) is 13.6. The zero-order valence-electron chi connectivity index (χ0n) is 11.1. The van der Waals surface area contributed by atoms with E-state index in [1.165, 1.54) is 18.4 Å². The molecule has 0 aliphatic rings. The monoisotopic (exact) mass is 281 g/mol. The maximum Gasteiger partial charge on any atom is 0.376 e. The molecule has 0 N–H and O–H groups in total. The molecule has 102 valence electrons. The van der Waals surface area contributed by atoms with Crippen LogP contribution in [0.25, 0.3) is 10.8 Å². The summed E-state index contributed by atoms with van der Waals surface area (Å²) in [7, 11) is 2.93. The van der Waals surface area contributed by atoms with Gasteiger partial charge in [0.25, 0.3) is 0 Å². The van der Waals surface area contributed by atoms with E-state index in [0.717, 1.165) is 17.0 Å². The van der Waals surface area contributed by atoms with Crippen LogP contribution in [0.2, 0.25) is 0 Å². The van der Waals surface area contributed by atoms with E-state index in [0.29, 0.717) is 18.0 Å². The molecule has 2 rings (SSSR count). The van der Waals surface area contributed by atoms with Gasteiger partial charge >= 0.3 is 5.97 Å². The van der Waals surface area contributed by atoms with E-state index in [2.05, 4.69) is 4.98 Å². The van der Waals surface area contributed by atoms with Gasteiger partial charge in [-0.15, -0.1) is 11.3 Å². The van der Waals surface area contributed by atoms with Crippen LogP contribution in [0.1, 0.15) is 29.6 Å². The Bertz CT molecular complexity index is 573. The molecule has 0 amide bonds. The third-order valence-corrected chi connectivity index (χ3v) is 3.47. The molecule has 0 aliphatic heterocycles. The van der Waals surface area contributed by atoms with Crippen molar-refractivity contribution in [1.29, 1.82) is 0 Å². The SMILES string of the molecule is CCCc1nc(-c2cc(OC)cs2)oc1C(=O)OC. The van der Waals surface area contributed by atoms with Gasteiger partial charge in [0.15, 0.2) is 0 Å². The Morgan fingerprint density at radius 2 is 2.26 bits per heavy atom. The smallest absolute Gasteiger partial charge is 0.376 e. The predicted molar refractivity (Wildman–Crippen MR) is 71.7 cm³/mol. The Labute approximate surface area is 115 Å². The number of aryl methyl sites for hydroxylation is 1. The van der Waals surface area contributed by atoms with Gasteiger partial charge in [-0.3, -0.25) is 0 Å². The quantitative estimate of drug-likeness (QED) is 0.788. The topological polar surface area (TPSA) is 61.6 Å². The van der Waals surface area contributed by atoms with Crippen LogP contribution < -0.4 is 4.74 Å². The van der Waals surface area contributed by atoms with Crippen molar-refractivity contribution in [3.8, 4) is 16.5 Å². The molecule has 0 unspecified atom stereocenters. The van der Waals surface area contributed by atoms with Crippen molar-refractivity contribution in [3.05, 3.63) is 22.9 Å². The second kappa shape index (κ2) is 5.88. The van der Waals surface area contributed by atoms with Crippen LogP contribution in [-0.4, -0.2) is 25.2 Å². The lowest BCUT2D eigenvalue weighted by atomic mass is 10.2. The number of rotatable bonds is 5. The fourth-order valence-corrected chi connectivity index (χ4v) is 2.43. The molecule has 0 aromatic carbocycles. The maximum absolute atomic E-state index is 11.6. The highest BCUT2D eigenvalue weighted by atomic mass is 32.1. The first-order valence-corrected chi connectivity index (χ1v) is 6.78. The average Bonchev–Trinajstić information content (AvgIpc) is 3.04. The highest BCUT2D eigenvalue weighted by Crippen LogP contribution is 2.32. The van der Waals surface area contributed by atoms with Gasteiger partial charge in [0, 0.05) is 11.4 Å². The molecule has 0 fully saturated rings. The number of thiophene rings is 1. The Hall–Kier alpha value is -1.82. The van der Waals surface area contributed by atoms with Crippen LogP contribution in [0.4, 0.5) is 0 Å². The molecule has 2 heterocycles. The van der Waals surface area contributed by atoms with Crippen molar-refractivity contribution in [2.75, 3.05) is 14.2 Å². The maximum atomic E-state index is 11.6. The molecule has 5 nitrogen and oxygen atoms in total. The predicted octanol–water partition coefficient (Wildman–Crippen LogP) is 3.15. The van der Waals surface area contributed by atoms with Crippen LogP contribution in [-0.2, 0) is 11.2 Å². The second-order valence-corrected chi connectivity index (χ2v) is 4.80. The van der Waals surface area contributed by atoms with Gasteiger partial charge in [-0.25, -0.2) is 9.78 Å². The molecule has 0 atom stereocenters. The third-order valence-electron chi connectivity index (χ3n) is 2.58. The first-order chi connectivity index (χ1) is 9.19. The van der Waals surface area contributed by atoms with Gasteiger partial charge in [-0.1, -0.05) is 13.3 Å². The fraction of sp³-hybridized carbons (Fsp3) is 0.385. The normalized spacial score (nSPS) is 10.5. The molecular formula is C13H15NO4S. The van der Waals surface area contributed by atoms with Crippen molar-refractivity contribution in [2.24, 2.45) is 0 Å². The summed E-state index contributed by atoms with van der Waals surface area (Å²) in [5.41, 5.74) is 0.636. The summed E-state index contributed by atoms with van der Waals surface area (Å²) in [4.78, 5) is 16.8. The second-order valence-electron chi connectivity index (χ2n) is 3.89. The Morgan fingerprint density at radius 3 is 2.84 bits per heavy atom. The summed E-state index contributed by atoms with van der Waals surface area (Å²) >= 11 is 1.45. The summed E-state index contributed by atoms with van der Waals surface area (Å²) in [5.74, 6) is 0.865. The number of carbonyl (C=O) groups is 1. The largest absolute Gasteiger partial charge is 0.496 e. The van der Waals surface area contributed by atoms with E-state index in [1.54, 1.807) is 7.11 Å². The van der Waals surface area contributed by atoms with Gasteiger partial charge in [-0.2, -0.15) is 0 Å². The van der Waals surface area contributed by atoms with E-state index < -0.39 is 5.97 Å². The van der Waals surface area contributed by atoms with Crippen molar-refractivity contribution in [3.63, 3.8) is 0 Å². The van der Waals surface area contributed by atoms with Gasteiger partial charge in [-0.05, 0) is 6.42 Å². The summed E-state index contributed by atoms with van der Waals surface area (Å²) < 4.78 is 15.4. The molecule has 0 spiro atoms. The molecule has 19 heavy (non-hydrogen) atoms. The molecule has 0 saturated carbocycles. The Morgan fingerprint density at radius 1 is 1.47 bits per heavy atom. The summed E-state index contributed by atoms with van der Waals surface area (Å²) in [6.07, 6.45) is 1.56. The first-order valence-electron chi connectivity index (χ1n) is 5.90. The van der Waals surface area contributed by atoms with Crippen molar-refractivity contribution < 1.29 is 18.7 Å². The highest BCUT2D eigenvalue weighted by Gasteiger charge is 2.21. The number of hydrogen-bond donors (Lipinski definition) is 0. The number of nitrogens with zero attached hydrogens (tertiary/aromatic N) is 1. The summed E-state index contributed by atoms with van der Waals surface area (Å²) in [5, 5.41) is 1.86. The number of methoxy groups -OCH3 is 2. The molecule has 0 saturated heterocycles. The fourth-order valence-electron chi connectivity index (χ4n) is 1.65. The number of hydrogen-bond acceptors (Lipinski definition) is 6.